The van der Waals surface area contributed by atoms with E-state index in [1.54, 1.807) is 19.3 Å². The van der Waals surface area contributed by atoms with E-state index in [2.05, 4.69) is 4.98 Å². The number of aromatic nitrogens is 1. The fourth-order valence-electron chi connectivity index (χ4n) is 1.52. The summed E-state index contributed by atoms with van der Waals surface area (Å²) >= 11 is 0. The summed E-state index contributed by atoms with van der Waals surface area (Å²) in [6, 6.07) is 1.86. The summed E-state index contributed by atoms with van der Waals surface area (Å²) in [5.74, 6) is 0. The Morgan fingerprint density at radius 1 is 1.33 bits per heavy atom. The first kappa shape index (κ1) is 12.1. The van der Waals surface area contributed by atoms with Gasteiger partial charge in [-0.2, -0.15) is 0 Å². The van der Waals surface area contributed by atoms with E-state index >= 15 is 0 Å². The number of methoxy groups -OCH3 is 2. The minimum Gasteiger partial charge on any atom is -0.380 e. The molecule has 1 rings (SSSR count). The molecule has 4 heteroatoms. The smallest absolute Gasteiger partial charge is 0.189 e. The molecule has 1 aromatic rings. The van der Waals surface area contributed by atoms with E-state index < -0.39 is 11.9 Å². The second-order valence-electron chi connectivity index (χ2n) is 3.70. The van der Waals surface area contributed by atoms with Crippen molar-refractivity contribution in [3.63, 3.8) is 0 Å². The Kier molecular flexibility index (Phi) is 3.79. The van der Waals surface area contributed by atoms with E-state index in [0.29, 0.717) is 5.56 Å². The van der Waals surface area contributed by atoms with Crippen molar-refractivity contribution in [3.05, 3.63) is 29.6 Å². The lowest BCUT2D eigenvalue weighted by Gasteiger charge is -2.30. The van der Waals surface area contributed by atoms with E-state index in [1.165, 1.54) is 14.2 Å². The molecule has 0 aliphatic rings. The van der Waals surface area contributed by atoms with Gasteiger partial charge in [0, 0.05) is 32.2 Å². The Morgan fingerprint density at radius 2 is 1.93 bits per heavy atom. The Morgan fingerprint density at radius 3 is 2.40 bits per heavy atom. The van der Waals surface area contributed by atoms with Crippen LogP contribution in [0, 0.1) is 6.92 Å². The van der Waals surface area contributed by atoms with Crippen LogP contribution >= 0.6 is 0 Å². The molecule has 84 valence electrons. The summed E-state index contributed by atoms with van der Waals surface area (Å²) in [7, 11) is 2.98. The Balaban J connectivity index is 3.03. The molecule has 1 N–H and O–H groups in total. The van der Waals surface area contributed by atoms with Crippen LogP contribution in [0.2, 0.25) is 0 Å². The van der Waals surface area contributed by atoms with Crippen LogP contribution in [0.5, 0.6) is 0 Å². The van der Waals surface area contributed by atoms with Gasteiger partial charge >= 0.3 is 0 Å². The number of aliphatic hydroxyl groups is 1. The second kappa shape index (κ2) is 4.70. The molecule has 0 radical (unpaired) electrons. The third-order valence-electron chi connectivity index (χ3n) is 2.35. The summed E-state index contributed by atoms with van der Waals surface area (Å²) in [6.45, 7) is 3.56. The van der Waals surface area contributed by atoms with Crippen molar-refractivity contribution in [2.45, 2.75) is 25.7 Å². The van der Waals surface area contributed by atoms with Crippen molar-refractivity contribution in [2.24, 2.45) is 0 Å². The van der Waals surface area contributed by atoms with Gasteiger partial charge in [0.2, 0.25) is 0 Å². The minimum absolute atomic E-state index is 0.677. The quantitative estimate of drug-likeness (QED) is 0.761. The van der Waals surface area contributed by atoms with E-state index in [4.69, 9.17) is 9.47 Å². The van der Waals surface area contributed by atoms with Gasteiger partial charge in [-0.05, 0) is 25.5 Å². The topological polar surface area (TPSA) is 51.6 Å². The van der Waals surface area contributed by atoms with E-state index in [9.17, 15) is 5.11 Å². The lowest BCUT2D eigenvalue weighted by Crippen LogP contribution is -2.39. The zero-order valence-corrected chi connectivity index (χ0v) is 9.52. The summed E-state index contributed by atoms with van der Waals surface area (Å²) in [6.07, 6.45) is 2.63. The molecule has 0 amide bonds. The summed E-state index contributed by atoms with van der Waals surface area (Å²) in [5, 5.41) is 10.3. The van der Waals surface area contributed by atoms with Crippen molar-refractivity contribution in [3.8, 4) is 0 Å². The van der Waals surface area contributed by atoms with Crippen molar-refractivity contribution in [1.82, 2.24) is 4.98 Å². The highest BCUT2D eigenvalue weighted by Crippen LogP contribution is 2.26. The third-order valence-corrected chi connectivity index (χ3v) is 2.35. The Hall–Kier alpha value is -0.970. The summed E-state index contributed by atoms with van der Waals surface area (Å²) in [4.78, 5) is 4.03. The molecule has 0 aromatic carbocycles. The maximum atomic E-state index is 10.3. The fraction of sp³-hybridized carbons (Fsp3) is 0.545. The third kappa shape index (κ3) is 2.53. The van der Waals surface area contributed by atoms with Gasteiger partial charge in [0.15, 0.2) is 6.29 Å². The Labute approximate surface area is 89.9 Å². The lowest BCUT2D eigenvalue weighted by molar-refractivity contribution is -0.213. The van der Waals surface area contributed by atoms with Gasteiger partial charge in [-0.15, -0.1) is 0 Å². The molecule has 1 heterocycles. The van der Waals surface area contributed by atoms with Crippen LogP contribution in [0.25, 0.3) is 0 Å². The maximum Gasteiger partial charge on any atom is 0.189 e. The molecule has 0 aliphatic carbocycles. The van der Waals surface area contributed by atoms with Crippen molar-refractivity contribution in [2.75, 3.05) is 14.2 Å². The largest absolute Gasteiger partial charge is 0.380 e. The molecule has 0 saturated carbocycles. The highest BCUT2D eigenvalue weighted by Gasteiger charge is 2.34. The molecular formula is C11H17NO3. The average molecular weight is 211 g/mol. The van der Waals surface area contributed by atoms with Crippen LogP contribution in [0.15, 0.2) is 18.5 Å². The molecule has 0 bridgehead atoms. The molecule has 1 atom stereocenters. The predicted octanol–water partition coefficient (Wildman–Crippen LogP) is 1.22. The van der Waals surface area contributed by atoms with Crippen LogP contribution in [-0.4, -0.2) is 30.6 Å². The van der Waals surface area contributed by atoms with Crippen LogP contribution in [0.4, 0.5) is 0 Å². The van der Waals surface area contributed by atoms with Gasteiger partial charge < -0.3 is 14.6 Å². The lowest BCUT2D eigenvalue weighted by atomic mass is 9.96. The first-order valence-corrected chi connectivity index (χ1v) is 4.72. The molecule has 0 aliphatic heterocycles. The van der Waals surface area contributed by atoms with Crippen LogP contribution < -0.4 is 0 Å². The zero-order valence-electron chi connectivity index (χ0n) is 9.52. The molecule has 1 unspecified atom stereocenters. The van der Waals surface area contributed by atoms with Gasteiger partial charge in [-0.25, -0.2) is 0 Å². The van der Waals surface area contributed by atoms with Gasteiger partial charge in [0.05, 0.1) is 0 Å². The van der Waals surface area contributed by atoms with Crippen molar-refractivity contribution < 1.29 is 14.6 Å². The van der Waals surface area contributed by atoms with E-state index in [1.807, 2.05) is 13.0 Å². The zero-order chi connectivity index (χ0) is 11.5. The normalized spacial score (nSPS) is 15.3. The number of hydrogen-bond donors (Lipinski definition) is 1. The van der Waals surface area contributed by atoms with Gasteiger partial charge in [-0.1, -0.05) is 0 Å². The highest BCUT2D eigenvalue weighted by atomic mass is 16.7. The van der Waals surface area contributed by atoms with Gasteiger partial charge in [0.25, 0.3) is 0 Å². The predicted molar refractivity (Wildman–Crippen MR) is 56.4 cm³/mol. The molecule has 0 fully saturated rings. The van der Waals surface area contributed by atoms with Crippen LogP contribution in [0.1, 0.15) is 18.1 Å². The average Bonchev–Trinajstić information content (AvgIpc) is 2.19. The van der Waals surface area contributed by atoms with Gasteiger partial charge in [0.1, 0.15) is 5.60 Å². The van der Waals surface area contributed by atoms with Crippen LogP contribution in [-0.2, 0) is 15.1 Å². The van der Waals surface area contributed by atoms with Crippen molar-refractivity contribution in [1.29, 1.82) is 0 Å². The standard InChI is InChI=1S/C11H17NO3/c1-8-5-9(7-12-6-8)11(2,13)10(14-3)15-4/h5-7,10,13H,1-4H3. The number of ether oxygens (including phenoxy) is 2. The fourth-order valence-corrected chi connectivity index (χ4v) is 1.52. The minimum atomic E-state index is -1.21. The molecule has 0 spiro atoms. The SMILES string of the molecule is COC(OC)C(C)(O)c1cncc(C)c1. The van der Waals surface area contributed by atoms with Crippen LogP contribution in [0.3, 0.4) is 0 Å². The van der Waals surface area contributed by atoms with E-state index in [0.717, 1.165) is 5.56 Å². The highest BCUT2D eigenvalue weighted by molar-refractivity contribution is 5.23. The molecule has 4 nitrogen and oxygen atoms in total. The first-order chi connectivity index (χ1) is 7.02. The first-order valence-electron chi connectivity index (χ1n) is 4.72. The van der Waals surface area contributed by atoms with Gasteiger partial charge in [-0.3, -0.25) is 4.98 Å². The number of nitrogens with zero attached hydrogens (tertiary/aromatic N) is 1. The number of aryl methyl sites for hydroxylation is 1. The molecular weight excluding hydrogens is 194 g/mol. The molecule has 0 saturated heterocycles. The maximum absolute atomic E-state index is 10.3. The molecule has 1 aromatic heterocycles. The number of pyridine rings is 1. The van der Waals surface area contributed by atoms with E-state index in [-0.39, 0.29) is 0 Å². The van der Waals surface area contributed by atoms with Crippen molar-refractivity contribution >= 4 is 0 Å². The molecule has 15 heavy (non-hydrogen) atoms. The summed E-state index contributed by atoms with van der Waals surface area (Å²) < 4.78 is 10.1. The number of hydrogen-bond acceptors (Lipinski definition) is 4. The monoisotopic (exact) mass is 211 g/mol. The Bertz CT molecular complexity index is 321. The second-order valence-corrected chi connectivity index (χ2v) is 3.70. The number of rotatable bonds is 4. The summed E-state index contributed by atoms with van der Waals surface area (Å²) in [5.41, 5.74) is 0.456.